The van der Waals surface area contributed by atoms with Gasteiger partial charge in [0.1, 0.15) is 22.7 Å². The zero-order valence-electron chi connectivity index (χ0n) is 21.7. The second-order valence-corrected chi connectivity index (χ2v) is 11.4. The number of nitrogens with two attached hydrogens (primary N) is 1. The van der Waals surface area contributed by atoms with E-state index >= 15 is 0 Å². The van der Waals surface area contributed by atoms with E-state index in [4.69, 9.17) is 15.2 Å². The quantitative estimate of drug-likeness (QED) is 0.450. The summed E-state index contributed by atoms with van der Waals surface area (Å²) in [5, 5.41) is 0. The average molecular weight is 525 g/mol. The molecule has 1 saturated carbocycles. The molecule has 1 aromatic rings. The van der Waals surface area contributed by atoms with Crippen LogP contribution in [-0.4, -0.2) is 52.5 Å². The lowest BCUT2D eigenvalue weighted by molar-refractivity contribution is -0.156. The van der Waals surface area contributed by atoms with Gasteiger partial charge < -0.3 is 20.1 Å². The second kappa shape index (κ2) is 9.89. The van der Waals surface area contributed by atoms with Crippen molar-refractivity contribution in [3.05, 3.63) is 29.1 Å². The summed E-state index contributed by atoms with van der Waals surface area (Å²) < 4.78 is 52.0. The molecule has 0 spiro atoms. The fourth-order valence-corrected chi connectivity index (χ4v) is 5.47. The van der Waals surface area contributed by atoms with Crippen LogP contribution in [0.15, 0.2) is 17.1 Å². The van der Waals surface area contributed by atoms with Crippen molar-refractivity contribution in [1.29, 1.82) is 0 Å². The molecule has 11 heteroatoms. The van der Waals surface area contributed by atoms with Crippen LogP contribution in [0.5, 0.6) is 0 Å². The number of amides is 2. The summed E-state index contributed by atoms with van der Waals surface area (Å²) in [7, 11) is 0. The third kappa shape index (κ3) is 5.91. The predicted molar refractivity (Wildman–Crippen MR) is 130 cm³/mol. The van der Waals surface area contributed by atoms with Gasteiger partial charge in [-0.05, 0) is 84.3 Å². The number of fused-ring (bicyclic) bond motifs is 3. The first kappa shape index (κ1) is 27.3. The fraction of sp³-hybridized carbons (Fsp3) is 0.692. The molecule has 2 amide bonds. The van der Waals surface area contributed by atoms with Crippen LogP contribution in [0.25, 0.3) is 0 Å². The highest BCUT2D eigenvalue weighted by molar-refractivity contribution is 6.05. The molecule has 2 unspecified atom stereocenters. The Morgan fingerprint density at radius 3 is 2.41 bits per heavy atom. The summed E-state index contributed by atoms with van der Waals surface area (Å²) in [6.07, 6.45) is -1.55. The Kier molecular flexibility index (Phi) is 7.31. The van der Waals surface area contributed by atoms with E-state index in [0.29, 0.717) is 44.8 Å². The minimum absolute atomic E-state index is 0.0997. The molecule has 0 aromatic carbocycles. The van der Waals surface area contributed by atoms with Crippen LogP contribution < -0.4 is 5.73 Å². The Morgan fingerprint density at radius 2 is 1.86 bits per heavy atom. The molecule has 2 N–H and O–H groups in total. The standard InChI is InChI=1S/C26H35F3N4O4/c1-15-13-17(9-12-33(15)23(35)37-24(2,3)4)22(34)32-21(30)18-5-6-19(26(27,28)29)31-20(18)25-10-7-16(8-11-25)14-36-25/h5-6,15-17H,7-14H2,1-4H3,(H2,30,32,34). The maximum Gasteiger partial charge on any atom is 0.433 e. The van der Waals surface area contributed by atoms with Crippen molar-refractivity contribution < 1.29 is 32.2 Å². The van der Waals surface area contributed by atoms with E-state index in [-0.39, 0.29) is 23.1 Å². The van der Waals surface area contributed by atoms with Crippen LogP contribution in [0, 0.1) is 11.8 Å². The number of alkyl halides is 3. The largest absolute Gasteiger partial charge is 0.444 e. The first-order chi connectivity index (χ1) is 17.2. The number of halogens is 3. The number of carbonyl (C=O) groups excluding carboxylic acids is 2. The minimum atomic E-state index is -4.63. The lowest BCUT2D eigenvalue weighted by atomic mass is 9.73. The van der Waals surface area contributed by atoms with Gasteiger partial charge in [0.15, 0.2) is 0 Å². The van der Waals surface area contributed by atoms with Gasteiger partial charge in [0.25, 0.3) is 5.91 Å². The number of aromatic nitrogens is 1. The van der Waals surface area contributed by atoms with Crippen LogP contribution in [0.3, 0.4) is 0 Å². The van der Waals surface area contributed by atoms with E-state index in [1.807, 2.05) is 6.92 Å². The Balaban J connectivity index is 1.56. The van der Waals surface area contributed by atoms with Crippen LogP contribution in [0.4, 0.5) is 18.0 Å². The smallest absolute Gasteiger partial charge is 0.433 e. The van der Waals surface area contributed by atoms with E-state index in [2.05, 4.69) is 9.98 Å². The summed E-state index contributed by atoms with van der Waals surface area (Å²) in [5.74, 6) is -0.714. The number of nitrogens with zero attached hydrogens (tertiary/aromatic N) is 3. The van der Waals surface area contributed by atoms with Crippen molar-refractivity contribution in [1.82, 2.24) is 9.88 Å². The molecular formula is C26H35F3N4O4. The van der Waals surface area contributed by atoms with Gasteiger partial charge in [0.05, 0.1) is 12.3 Å². The SMILES string of the molecule is CC1CC(C(=O)N=C(N)c2ccc(C(F)(F)F)nc2C23CCC(CC2)CO3)CCN1C(=O)OC(C)(C)C. The molecule has 4 aliphatic rings. The van der Waals surface area contributed by atoms with Crippen molar-refractivity contribution in [3.63, 3.8) is 0 Å². The highest BCUT2D eigenvalue weighted by Crippen LogP contribution is 2.48. The zero-order chi connectivity index (χ0) is 27.2. The van der Waals surface area contributed by atoms with Crippen LogP contribution >= 0.6 is 0 Å². The van der Waals surface area contributed by atoms with Gasteiger partial charge >= 0.3 is 12.3 Å². The molecule has 0 radical (unpaired) electrons. The molecule has 8 nitrogen and oxygen atoms in total. The third-order valence-corrected chi connectivity index (χ3v) is 7.49. The number of ether oxygens (including phenoxy) is 2. The number of carbonyl (C=O) groups is 2. The number of aliphatic imine (C=N–C) groups is 1. The molecule has 37 heavy (non-hydrogen) atoms. The number of hydrogen-bond acceptors (Lipinski definition) is 5. The molecule has 2 bridgehead atoms. The van der Waals surface area contributed by atoms with Gasteiger partial charge in [-0.3, -0.25) is 4.79 Å². The molecule has 3 saturated heterocycles. The molecular weight excluding hydrogens is 489 g/mol. The fourth-order valence-electron chi connectivity index (χ4n) is 5.47. The molecule has 4 fully saturated rings. The molecule has 4 heterocycles. The maximum absolute atomic E-state index is 13.5. The Hall–Kier alpha value is -2.69. The summed E-state index contributed by atoms with van der Waals surface area (Å²) >= 11 is 0. The van der Waals surface area contributed by atoms with E-state index < -0.39 is 41.0 Å². The van der Waals surface area contributed by atoms with E-state index in [0.717, 1.165) is 18.9 Å². The van der Waals surface area contributed by atoms with Crippen molar-refractivity contribution >= 4 is 17.8 Å². The van der Waals surface area contributed by atoms with Crippen molar-refractivity contribution in [3.8, 4) is 0 Å². The van der Waals surface area contributed by atoms with Gasteiger partial charge in [-0.2, -0.15) is 18.2 Å². The van der Waals surface area contributed by atoms with Crippen molar-refractivity contribution in [2.75, 3.05) is 13.2 Å². The summed E-state index contributed by atoms with van der Waals surface area (Å²) in [6.45, 7) is 7.99. The lowest BCUT2D eigenvalue weighted by Gasteiger charge is -2.46. The number of amidine groups is 1. The predicted octanol–water partition coefficient (Wildman–Crippen LogP) is 4.78. The molecule has 3 aliphatic heterocycles. The number of likely N-dealkylation sites (tertiary alicyclic amines) is 1. The minimum Gasteiger partial charge on any atom is -0.444 e. The van der Waals surface area contributed by atoms with Crippen LogP contribution in [0.1, 0.15) is 83.2 Å². The number of piperidine rings is 1. The molecule has 1 aliphatic carbocycles. The number of hydrogen-bond donors (Lipinski definition) is 1. The highest BCUT2D eigenvalue weighted by Gasteiger charge is 2.47. The summed E-state index contributed by atoms with van der Waals surface area (Å²) in [5.41, 5.74) is 3.91. The monoisotopic (exact) mass is 524 g/mol. The third-order valence-electron chi connectivity index (χ3n) is 7.49. The van der Waals surface area contributed by atoms with Gasteiger partial charge in [0.2, 0.25) is 0 Å². The van der Waals surface area contributed by atoms with E-state index in [9.17, 15) is 22.8 Å². The first-order valence-electron chi connectivity index (χ1n) is 12.8. The number of rotatable bonds is 3. The van der Waals surface area contributed by atoms with Gasteiger partial charge in [0, 0.05) is 24.1 Å². The molecule has 204 valence electrons. The molecule has 1 aromatic heterocycles. The Morgan fingerprint density at radius 1 is 1.19 bits per heavy atom. The van der Waals surface area contributed by atoms with Crippen LogP contribution in [0.2, 0.25) is 0 Å². The molecule has 5 rings (SSSR count). The maximum atomic E-state index is 13.5. The molecule has 2 atom stereocenters. The zero-order valence-corrected chi connectivity index (χ0v) is 21.7. The van der Waals surface area contributed by atoms with Crippen molar-refractivity contribution in [2.45, 2.75) is 89.6 Å². The van der Waals surface area contributed by atoms with Crippen molar-refractivity contribution in [2.24, 2.45) is 22.6 Å². The van der Waals surface area contributed by atoms with Gasteiger partial charge in [-0.1, -0.05) is 0 Å². The second-order valence-electron chi connectivity index (χ2n) is 11.4. The average Bonchev–Trinajstić information content (AvgIpc) is 2.83. The summed E-state index contributed by atoms with van der Waals surface area (Å²) in [4.78, 5) is 35.2. The van der Waals surface area contributed by atoms with Gasteiger partial charge in [-0.15, -0.1) is 0 Å². The van der Waals surface area contributed by atoms with Gasteiger partial charge in [-0.25, -0.2) is 9.78 Å². The topological polar surface area (TPSA) is 107 Å². The normalized spacial score (nSPS) is 28.8. The number of pyridine rings is 1. The van der Waals surface area contributed by atoms with E-state index in [1.54, 1.807) is 25.7 Å². The summed E-state index contributed by atoms with van der Waals surface area (Å²) in [6, 6.07) is 1.85. The lowest BCUT2D eigenvalue weighted by Crippen LogP contribution is -2.48. The highest BCUT2D eigenvalue weighted by atomic mass is 19.4. The Bertz CT molecular complexity index is 1060. The van der Waals surface area contributed by atoms with Crippen LogP contribution in [-0.2, 0) is 26.0 Å². The first-order valence-corrected chi connectivity index (χ1v) is 12.8. The van der Waals surface area contributed by atoms with E-state index in [1.165, 1.54) is 6.07 Å². The Labute approximate surface area is 214 Å².